The van der Waals surface area contributed by atoms with Crippen LogP contribution < -0.4 is 4.90 Å². The summed E-state index contributed by atoms with van der Waals surface area (Å²) in [4.78, 5) is 12.9. The van der Waals surface area contributed by atoms with E-state index in [4.69, 9.17) is 9.97 Å². The molecule has 0 saturated carbocycles. The van der Waals surface area contributed by atoms with E-state index in [1.165, 1.54) is 12.1 Å². The van der Waals surface area contributed by atoms with E-state index < -0.39 is 0 Å². The standard InChI is InChI=1S/C46H30FN3/c47-37-23-18-31(19-24-37)32-20-25-39(26-21-32)50(38-14-8-3-9-15-38)40-27-28-41-36(30-40)17-16-33-22-29-42-46(43(33)41)49-45(35-12-6-2-7-13-35)44(48-42)34-10-4-1-5-11-34/h1-30H. The Morgan fingerprint density at radius 1 is 0.400 bits per heavy atom. The molecule has 4 heteroatoms. The molecule has 0 fully saturated rings. The molecule has 1 aromatic heterocycles. The number of anilines is 3. The van der Waals surface area contributed by atoms with Gasteiger partial charge in [-0.05, 0) is 81.9 Å². The van der Waals surface area contributed by atoms with Crippen LogP contribution in [-0.2, 0) is 0 Å². The van der Waals surface area contributed by atoms with Gasteiger partial charge in [-0.2, -0.15) is 0 Å². The van der Waals surface area contributed by atoms with Crippen LogP contribution in [0.15, 0.2) is 182 Å². The van der Waals surface area contributed by atoms with Gasteiger partial charge < -0.3 is 4.90 Å². The number of aromatic nitrogens is 2. The zero-order valence-corrected chi connectivity index (χ0v) is 27.0. The third-order valence-electron chi connectivity index (χ3n) is 9.29. The minimum atomic E-state index is -0.238. The first-order valence-corrected chi connectivity index (χ1v) is 16.7. The Labute approximate surface area is 289 Å². The molecule has 0 radical (unpaired) electrons. The van der Waals surface area contributed by atoms with Crippen LogP contribution in [0.1, 0.15) is 0 Å². The predicted octanol–water partition coefficient (Wildman–Crippen LogP) is 12.5. The van der Waals surface area contributed by atoms with Crippen molar-refractivity contribution in [3.63, 3.8) is 0 Å². The fourth-order valence-electron chi connectivity index (χ4n) is 6.86. The van der Waals surface area contributed by atoms with Crippen molar-refractivity contribution in [2.75, 3.05) is 4.90 Å². The van der Waals surface area contributed by atoms with Crippen LogP contribution >= 0.6 is 0 Å². The van der Waals surface area contributed by atoms with Crippen molar-refractivity contribution >= 4 is 49.6 Å². The molecular weight excluding hydrogens is 614 g/mol. The Morgan fingerprint density at radius 3 is 1.58 bits per heavy atom. The van der Waals surface area contributed by atoms with E-state index in [1.54, 1.807) is 0 Å². The van der Waals surface area contributed by atoms with Crippen molar-refractivity contribution in [3.05, 3.63) is 188 Å². The average Bonchev–Trinajstić information content (AvgIpc) is 3.19. The van der Waals surface area contributed by atoms with E-state index in [-0.39, 0.29) is 5.82 Å². The maximum Gasteiger partial charge on any atom is 0.123 e. The summed E-state index contributed by atoms with van der Waals surface area (Å²) < 4.78 is 13.6. The average molecular weight is 644 g/mol. The van der Waals surface area contributed by atoms with E-state index in [9.17, 15) is 4.39 Å². The van der Waals surface area contributed by atoms with E-state index in [0.29, 0.717) is 0 Å². The lowest BCUT2D eigenvalue weighted by Gasteiger charge is -2.26. The van der Waals surface area contributed by atoms with Gasteiger partial charge in [-0.15, -0.1) is 0 Å². The number of halogens is 1. The molecule has 0 aliphatic heterocycles. The molecule has 50 heavy (non-hydrogen) atoms. The number of hydrogen-bond donors (Lipinski definition) is 0. The summed E-state index contributed by atoms with van der Waals surface area (Å²) in [6.45, 7) is 0. The molecule has 0 atom stereocenters. The Bertz CT molecular complexity index is 2620. The zero-order valence-electron chi connectivity index (χ0n) is 27.0. The fourth-order valence-corrected chi connectivity index (χ4v) is 6.86. The lowest BCUT2D eigenvalue weighted by atomic mass is 9.98. The molecule has 0 N–H and O–H groups in total. The summed E-state index contributed by atoms with van der Waals surface area (Å²) in [6, 6.07) is 61.3. The number of fused-ring (bicyclic) bond motifs is 5. The van der Waals surface area contributed by atoms with Gasteiger partial charge in [0.15, 0.2) is 0 Å². The summed E-state index contributed by atoms with van der Waals surface area (Å²) in [6.07, 6.45) is 0. The summed E-state index contributed by atoms with van der Waals surface area (Å²) in [5.41, 5.74) is 10.7. The van der Waals surface area contributed by atoms with Crippen LogP contribution in [0.2, 0.25) is 0 Å². The Morgan fingerprint density at radius 2 is 0.920 bits per heavy atom. The van der Waals surface area contributed by atoms with Gasteiger partial charge in [0.05, 0.1) is 22.4 Å². The minimum Gasteiger partial charge on any atom is -0.310 e. The largest absolute Gasteiger partial charge is 0.310 e. The number of hydrogen-bond acceptors (Lipinski definition) is 3. The molecule has 0 aliphatic rings. The number of para-hydroxylation sites is 1. The van der Waals surface area contributed by atoms with Crippen molar-refractivity contribution in [2.24, 2.45) is 0 Å². The quantitative estimate of drug-likeness (QED) is 0.169. The monoisotopic (exact) mass is 643 g/mol. The van der Waals surface area contributed by atoms with Crippen molar-refractivity contribution in [1.29, 1.82) is 0 Å². The van der Waals surface area contributed by atoms with Crippen LogP contribution in [0.25, 0.3) is 66.2 Å². The van der Waals surface area contributed by atoms with Gasteiger partial charge in [0.1, 0.15) is 5.82 Å². The number of rotatable bonds is 6. The maximum absolute atomic E-state index is 13.6. The predicted molar refractivity (Wildman–Crippen MR) is 205 cm³/mol. The summed E-state index contributed by atoms with van der Waals surface area (Å²) >= 11 is 0. The molecule has 3 nitrogen and oxygen atoms in total. The highest BCUT2D eigenvalue weighted by Crippen LogP contribution is 2.40. The molecule has 0 unspecified atom stereocenters. The molecule has 8 aromatic carbocycles. The highest BCUT2D eigenvalue weighted by atomic mass is 19.1. The highest BCUT2D eigenvalue weighted by molar-refractivity contribution is 6.19. The van der Waals surface area contributed by atoms with Gasteiger partial charge >= 0.3 is 0 Å². The first-order chi connectivity index (χ1) is 24.7. The Balaban J connectivity index is 1.21. The molecule has 1 heterocycles. The Kier molecular flexibility index (Phi) is 7.33. The van der Waals surface area contributed by atoms with Crippen molar-refractivity contribution in [2.45, 2.75) is 0 Å². The molecule has 0 saturated heterocycles. The van der Waals surface area contributed by atoms with Gasteiger partial charge in [0.25, 0.3) is 0 Å². The van der Waals surface area contributed by atoms with Gasteiger partial charge in [0, 0.05) is 33.6 Å². The first kappa shape index (κ1) is 29.5. The first-order valence-electron chi connectivity index (χ1n) is 16.7. The van der Waals surface area contributed by atoms with Crippen LogP contribution in [0.5, 0.6) is 0 Å². The van der Waals surface area contributed by atoms with E-state index in [0.717, 1.165) is 83.3 Å². The van der Waals surface area contributed by atoms with E-state index in [2.05, 4.69) is 120 Å². The summed E-state index contributed by atoms with van der Waals surface area (Å²) in [5.74, 6) is -0.238. The summed E-state index contributed by atoms with van der Waals surface area (Å²) in [7, 11) is 0. The van der Waals surface area contributed by atoms with Gasteiger partial charge in [-0.1, -0.05) is 127 Å². The van der Waals surface area contributed by atoms with Crippen molar-refractivity contribution < 1.29 is 4.39 Å². The smallest absolute Gasteiger partial charge is 0.123 e. The molecule has 0 spiro atoms. The normalized spacial score (nSPS) is 11.3. The second-order valence-corrected chi connectivity index (χ2v) is 12.4. The Hall–Kier alpha value is -6.65. The van der Waals surface area contributed by atoms with Crippen molar-refractivity contribution in [1.82, 2.24) is 9.97 Å². The lowest BCUT2D eigenvalue weighted by molar-refractivity contribution is 0.628. The van der Waals surface area contributed by atoms with Crippen LogP contribution in [0, 0.1) is 5.82 Å². The zero-order chi connectivity index (χ0) is 33.4. The second-order valence-electron chi connectivity index (χ2n) is 12.4. The van der Waals surface area contributed by atoms with Crippen molar-refractivity contribution in [3.8, 4) is 33.6 Å². The summed E-state index contributed by atoms with van der Waals surface area (Å²) in [5, 5.41) is 4.44. The molecule has 9 rings (SSSR count). The molecule has 9 aromatic rings. The van der Waals surface area contributed by atoms with Crippen LogP contribution in [0.3, 0.4) is 0 Å². The van der Waals surface area contributed by atoms with E-state index >= 15 is 0 Å². The molecule has 0 bridgehead atoms. The number of nitrogens with zero attached hydrogens (tertiary/aromatic N) is 3. The second kappa shape index (κ2) is 12.4. The highest BCUT2D eigenvalue weighted by Gasteiger charge is 2.18. The van der Waals surface area contributed by atoms with Gasteiger partial charge in [0.2, 0.25) is 0 Å². The fraction of sp³-hybridized carbons (Fsp3) is 0. The molecular formula is C46H30FN3. The van der Waals surface area contributed by atoms with Gasteiger partial charge in [-0.25, -0.2) is 14.4 Å². The van der Waals surface area contributed by atoms with Crippen LogP contribution in [-0.4, -0.2) is 9.97 Å². The third kappa shape index (κ3) is 5.33. The minimum absolute atomic E-state index is 0.238. The van der Waals surface area contributed by atoms with E-state index in [1.807, 2.05) is 54.6 Å². The molecule has 0 aliphatic carbocycles. The SMILES string of the molecule is Fc1ccc(-c2ccc(N(c3ccccc3)c3ccc4c(ccc5ccc6nc(-c7ccccc7)c(-c7ccccc7)nc6c54)c3)cc2)cc1. The number of benzene rings is 8. The maximum atomic E-state index is 13.6. The topological polar surface area (TPSA) is 29.0 Å². The molecule has 0 amide bonds. The molecule has 236 valence electrons. The third-order valence-corrected chi connectivity index (χ3v) is 9.29. The lowest BCUT2D eigenvalue weighted by Crippen LogP contribution is -2.09. The van der Waals surface area contributed by atoms with Gasteiger partial charge in [-0.3, -0.25) is 0 Å². The van der Waals surface area contributed by atoms with Crippen LogP contribution in [0.4, 0.5) is 21.5 Å².